The molecule has 2 rings (SSSR count). The fourth-order valence-electron chi connectivity index (χ4n) is 3.22. The molecule has 2 aromatic rings. The first-order valence-electron chi connectivity index (χ1n) is 11.4. The Kier molecular flexibility index (Phi) is 10.8. The van der Waals surface area contributed by atoms with E-state index in [-0.39, 0.29) is 36.0 Å². The topological polar surface area (TPSA) is 134 Å². The maximum atomic E-state index is 12.6. The Morgan fingerprint density at radius 3 is 2.18 bits per heavy atom. The van der Waals surface area contributed by atoms with Gasteiger partial charge in [-0.3, -0.25) is 0 Å². The van der Waals surface area contributed by atoms with Crippen molar-refractivity contribution in [3.05, 3.63) is 53.6 Å². The number of phenolic OH excluding ortho intramolecular Hbond substituents is 4. The molecule has 2 aromatic carbocycles. The number of carbonyl (C=O) groups excluding carboxylic acids is 2. The lowest BCUT2D eigenvalue weighted by Gasteiger charge is -2.16. The van der Waals surface area contributed by atoms with E-state index in [4.69, 9.17) is 9.47 Å². The minimum atomic E-state index is -1.26. The highest BCUT2D eigenvalue weighted by Gasteiger charge is 2.25. The van der Waals surface area contributed by atoms with E-state index < -0.39 is 18.0 Å². The third-order valence-electron chi connectivity index (χ3n) is 5.14. The summed E-state index contributed by atoms with van der Waals surface area (Å²) in [7, 11) is 0. The van der Waals surface area contributed by atoms with Crippen molar-refractivity contribution in [2.24, 2.45) is 0 Å². The molecule has 0 saturated heterocycles. The van der Waals surface area contributed by atoms with Crippen LogP contribution in [0.25, 0.3) is 6.08 Å². The molecule has 0 bridgehead atoms. The quantitative estimate of drug-likeness (QED) is 0.144. The number of carbonyl (C=O) groups is 2. The van der Waals surface area contributed by atoms with Crippen LogP contribution in [0, 0.1) is 0 Å². The Bertz CT molecular complexity index is 983. The van der Waals surface area contributed by atoms with Gasteiger partial charge in [-0.1, -0.05) is 51.2 Å². The van der Waals surface area contributed by atoms with Gasteiger partial charge in [0.25, 0.3) is 0 Å². The molecule has 34 heavy (non-hydrogen) atoms. The standard InChI is InChI=1S/C26H32O8/c1-2-3-4-5-6-7-14-33-26(32)24(17-19-9-12-21(28)23(30)16-19)34-25(31)13-10-18-8-11-20(27)22(29)15-18/h8-13,15-16,24,27-30H,2-7,14,17H2,1H3/b13-10+. The molecule has 4 N–H and O–H groups in total. The third-order valence-corrected chi connectivity index (χ3v) is 5.14. The minimum absolute atomic E-state index is 0.0528. The van der Waals surface area contributed by atoms with Crippen LogP contribution in [0.15, 0.2) is 42.5 Å². The largest absolute Gasteiger partial charge is 0.504 e. The van der Waals surface area contributed by atoms with E-state index in [9.17, 15) is 30.0 Å². The zero-order chi connectivity index (χ0) is 24.9. The normalized spacial score (nSPS) is 11.9. The number of phenols is 4. The van der Waals surface area contributed by atoms with Crippen LogP contribution in [0.5, 0.6) is 23.0 Å². The van der Waals surface area contributed by atoms with Gasteiger partial charge in [-0.25, -0.2) is 9.59 Å². The Hall–Kier alpha value is -3.68. The van der Waals surface area contributed by atoms with E-state index in [0.29, 0.717) is 17.5 Å². The summed E-state index contributed by atoms with van der Waals surface area (Å²) in [6.07, 6.45) is 7.32. The predicted octanol–water partition coefficient (Wildman–Crippen LogP) is 4.58. The molecule has 8 nitrogen and oxygen atoms in total. The van der Waals surface area contributed by atoms with Gasteiger partial charge in [0.15, 0.2) is 23.0 Å². The Labute approximate surface area is 199 Å². The first-order chi connectivity index (χ1) is 16.3. The second kappa shape index (κ2) is 13.8. The number of aromatic hydroxyl groups is 4. The van der Waals surface area contributed by atoms with E-state index in [1.54, 1.807) is 0 Å². The molecular formula is C26H32O8. The summed E-state index contributed by atoms with van der Waals surface area (Å²) in [6.45, 7) is 2.35. The number of hydrogen-bond donors (Lipinski definition) is 4. The average Bonchev–Trinajstić information content (AvgIpc) is 2.81. The lowest BCUT2D eigenvalue weighted by atomic mass is 10.1. The fourth-order valence-corrected chi connectivity index (χ4v) is 3.22. The van der Waals surface area contributed by atoms with Crippen molar-refractivity contribution in [1.82, 2.24) is 0 Å². The van der Waals surface area contributed by atoms with Crippen molar-refractivity contribution < 1.29 is 39.5 Å². The van der Waals surface area contributed by atoms with E-state index in [2.05, 4.69) is 6.92 Å². The van der Waals surface area contributed by atoms with Crippen LogP contribution in [0.4, 0.5) is 0 Å². The molecule has 0 saturated carbocycles. The van der Waals surface area contributed by atoms with E-state index >= 15 is 0 Å². The van der Waals surface area contributed by atoms with Gasteiger partial charge in [0.05, 0.1) is 6.61 Å². The summed E-state index contributed by atoms with van der Waals surface area (Å²) in [5, 5.41) is 38.1. The molecule has 0 aromatic heterocycles. The summed E-state index contributed by atoms with van der Waals surface area (Å²) in [6, 6.07) is 8.11. The van der Waals surface area contributed by atoms with Crippen molar-refractivity contribution in [2.45, 2.75) is 58.0 Å². The second-order valence-electron chi connectivity index (χ2n) is 7.97. The van der Waals surface area contributed by atoms with Gasteiger partial charge in [0, 0.05) is 12.5 Å². The summed E-state index contributed by atoms with van der Waals surface area (Å²) in [5.41, 5.74) is 0.912. The summed E-state index contributed by atoms with van der Waals surface area (Å²) in [4.78, 5) is 25.0. The smallest absolute Gasteiger partial charge is 0.347 e. The van der Waals surface area contributed by atoms with E-state index in [1.807, 2.05) is 0 Å². The molecule has 1 unspecified atom stereocenters. The third kappa shape index (κ3) is 9.05. The highest BCUT2D eigenvalue weighted by atomic mass is 16.6. The van der Waals surface area contributed by atoms with Crippen LogP contribution in [0.2, 0.25) is 0 Å². The van der Waals surface area contributed by atoms with Crippen molar-refractivity contribution in [3.8, 4) is 23.0 Å². The van der Waals surface area contributed by atoms with Crippen LogP contribution in [-0.2, 0) is 25.5 Å². The summed E-state index contributed by atoms with van der Waals surface area (Å²) < 4.78 is 10.6. The molecule has 0 radical (unpaired) electrons. The first-order valence-corrected chi connectivity index (χ1v) is 11.4. The molecule has 1 atom stereocenters. The van der Waals surface area contributed by atoms with Crippen molar-refractivity contribution in [3.63, 3.8) is 0 Å². The van der Waals surface area contributed by atoms with Crippen LogP contribution < -0.4 is 0 Å². The maximum absolute atomic E-state index is 12.6. The number of rotatable bonds is 13. The monoisotopic (exact) mass is 472 g/mol. The number of esters is 2. The Morgan fingerprint density at radius 1 is 0.853 bits per heavy atom. The van der Waals surface area contributed by atoms with Crippen LogP contribution in [-0.4, -0.2) is 45.1 Å². The molecule has 0 aliphatic rings. The average molecular weight is 473 g/mol. The van der Waals surface area contributed by atoms with E-state index in [1.165, 1.54) is 48.9 Å². The molecule has 0 spiro atoms. The van der Waals surface area contributed by atoms with Gasteiger partial charge in [0.1, 0.15) is 0 Å². The van der Waals surface area contributed by atoms with Gasteiger partial charge in [-0.15, -0.1) is 0 Å². The number of ether oxygens (including phenoxy) is 2. The Balaban J connectivity index is 2.00. The molecule has 184 valence electrons. The van der Waals surface area contributed by atoms with Gasteiger partial charge in [-0.05, 0) is 47.9 Å². The highest BCUT2D eigenvalue weighted by molar-refractivity contribution is 5.89. The Morgan fingerprint density at radius 2 is 1.50 bits per heavy atom. The lowest BCUT2D eigenvalue weighted by Crippen LogP contribution is -2.31. The maximum Gasteiger partial charge on any atom is 0.347 e. The predicted molar refractivity (Wildman–Crippen MR) is 126 cm³/mol. The van der Waals surface area contributed by atoms with Gasteiger partial charge in [0.2, 0.25) is 6.10 Å². The lowest BCUT2D eigenvalue weighted by molar-refractivity contribution is -0.165. The first kappa shape index (κ1) is 26.6. The highest BCUT2D eigenvalue weighted by Crippen LogP contribution is 2.27. The molecule has 0 fully saturated rings. The van der Waals surface area contributed by atoms with Gasteiger partial charge < -0.3 is 29.9 Å². The second-order valence-corrected chi connectivity index (χ2v) is 7.97. The van der Waals surface area contributed by atoms with Gasteiger partial charge >= 0.3 is 11.9 Å². The minimum Gasteiger partial charge on any atom is -0.504 e. The molecular weight excluding hydrogens is 440 g/mol. The molecule has 0 heterocycles. The summed E-state index contributed by atoms with van der Waals surface area (Å²) >= 11 is 0. The molecule has 0 aliphatic carbocycles. The zero-order valence-corrected chi connectivity index (χ0v) is 19.3. The zero-order valence-electron chi connectivity index (χ0n) is 19.3. The SMILES string of the molecule is CCCCCCCCOC(=O)C(Cc1ccc(O)c(O)c1)OC(=O)/C=C/c1ccc(O)c(O)c1. The van der Waals surface area contributed by atoms with Gasteiger partial charge in [-0.2, -0.15) is 0 Å². The van der Waals surface area contributed by atoms with Crippen molar-refractivity contribution in [2.75, 3.05) is 6.61 Å². The van der Waals surface area contributed by atoms with E-state index in [0.717, 1.165) is 31.8 Å². The molecule has 0 amide bonds. The number of benzene rings is 2. The van der Waals surface area contributed by atoms with Crippen molar-refractivity contribution >= 4 is 18.0 Å². The van der Waals surface area contributed by atoms with Crippen molar-refractivity contribution in [1.29, 1.82) is 0 Å². The fraction of sp³-hybridized carbons (Fsp3) is 0.385. The van der Waals surface area contributed by atoms with Crippen LogP contribution >= 0.6 is 0 Å². The molecule has 8 heteroatoms. The molecule has 0 aliphatic heterocycles. The number of hydrogen-bond acceptors (Lipinski definition) is 8. The van der Waals surface area contributed by atoms with Crippen LogP contribution in [0.3, 0.4) is 0 Å². The number of unbranched alkanes of at least 4 members (excludes halogenated alkanes) is 5. The summed E-state index contributed by atoms with van der Waals surface area (Å²) in [5.74, 6) is -2.79. The van der Waals surface area contributed by atoms with Crippen LogP contribution in [0.1, 0.15) is 56.6 Å².